The summed E-state index contributed by atoms with van der Waals surface area (Å²) in [5, 5.41) is 6.78. The maximum atomic E-state index is 14.5. The molecule has 0 spiro atoms. The molecule has 9 nitrogen and oxygen atoms in total. The maximum absolute atomic E-state index is 14.5. The summed E-state index contributed by atoms with van der Waals surface area (Å²) < 4.78 is 22.0. The van der Waals surface area contributed by atoms with Crippen molar-refractivity contribution in [2.24, 2.45) is 11.7 Å². The summed E-state index contributed by atoms with van der Waals surface area (Å²) in [7, 11) is 0. The Kier molecular flexibility index (Phi) is 6.75. The van der Waals surface area contributed by atoms with E-state index in [-0.39, 0.29) is 28.9 Å². The average Bonchev–Trinajstić information content (AvgIpc) is 3.22. The Bertz CT molecular complexity index is 1240. The van der Waals surface area contributed by atoms with Gasteiger partial charge < -0.3 is 21.1 Å². The van der Waals surface area contributed by atoms with E-state index in [0.29, 0.717) is 60.4 Å². The smallest absolute Gasteiger partial charge is 0.224 e. The molecule has 11 heteroatoms. The summed E-state index contributed by atoms with van der Waals surface area (Å²) in [6, 6.07) is 3.56. The van der Waals surface area contributed by atoms with Crippen LogP contribution in [0.1, 0.15) is 50.1 Å². The van der Waals surface area contributed by atoms with E-state index in [1.165, 1.54) is 6.07 Å². The number of imidazole rings is 1. The van der Waals surface area contributed by atoms with E-state index in [2.05, 4.69) is 20.2 Å². The number of hydrogen-bond acceptors (Lipinski definition) is 7. The fraction of sp³-hybridized carbons (Fsp3) is 0.500. The van der Waals surface area contributed by atoms with Gasteiger partial charge in [-0.05, 0) is 57.6 Å². The second-order valence-corrected chi connectivity index (χ2v) is 9.71. The van der Waals surface area contributed by atoms with Crippen LogP contribution in [0.2, 0.25) is 5.02 Å². The van der Waals surface area contributed by atoms with Crippen molar-refractivity contribution < 1.29 is 13.9 Å². The molecule has 2 aliphatic rings. The summed E-state index contributed by atoms with van der Waals surface area (Å²) >= 11 is 5.95. The lowest BCUT2D eigenvalue weighted by molar-refractivity contribution is -0.122. The lowest BCUT2D eigenvalue weighted by atomic mass is 9.85. The molecule has 0 unspecified atom stereocenters. The number of aromatic nitrogens is 4. The molecule has 0 atom stereocenters. The Hall–Kier alpha value is -2.98. The largest absolute Gasteiger partial charge is 0.381 e. The van der Waals surface area contributed by atoms with Gasteiger partial charge in [-0.2, -0.15) is 4.98 Å². The number of halogens is 2. The molecule has 1 aromatic carbocycles. The second kappa shape index (κ2) is 9.94. The topological polar surface area (TPSA) is 120 Å². The highest BCUT2D eigenvalue weighted by Crippen LogP contribution is 2.37. The molecule has 1 amide bonds. The van der Waals surface area contributed by atoms with E-state index < -0.39 is 5.82 Å². The van der Waals surface area contributed by atoms with E-state index in [4.69, 9.17) is 32.0 Å². The SMILES string of the molecule is Cc1c(Nc2nc3cnc(NC4CCOCC4)nc3n2C2CCC(C(N)=O)CC2)ccc(Cl)c1F. The minimum atomic E-state index is -0.468. The van der Waals surface area contributed by atoms with Crippen LogP contribution in [-0.4, -0.2) is 44.7 Å². The molecule has 4 N–H and O–H groups in total. The van der Waals surface area contributed by atoms with Gasteiger partial charge >= 0.3 is 0 Å². The van der Waals surface area contributed by atoms with Crippen molar-refractivity contribution in [3.8, 4) is 0 Å². The van der Waals surface area contributed by atoms with Crippen molar-refractivity contribution >= 4 is 46.3 Å². The third-order valence-corrected chi connectivity index (χ3v) is 7.33. The van der Waals surface area contributed by atoms with E-state index in [1.807, 2.05) is 0 Å². The standard InChI is InChI=1S/C24H29ClFN7O2/c1-13-18(7-6-17(25)20(13)26)30-24-31-19-12-28-23(29-15-8-10-35-11-9-15)32-22(19)33(24)16-4-2-14(3-5-16)21(27)34/h6-7,12,14-16H,2-5,8-11H2,1H3,(H2,27,34)(H,30,31)(H,28,29,32). The fourth-order valence-corrected chi connectivity index (χ4v) is 5.15. The first-order valence-electron chi connectivity index (χ1n) is 12.0. The highest BCUT2D eigenvalue weighted by molar-refractivity contribution is 6.30. The predicted molar refractivity (Wildman–Crippen MR) is 132 cm³/mol. The molecular weight excluding hydrogens is 473 g/mol. The van der Waals surface area contributed by atoms with E-state index in [1.54, 1.807) is 19.2 Å². The maximum Gasteiger partial charge on any atom is 0.224 e. The van der Waals surface area contributed by atoms with Crippen LogP contribution < -0.4 is 16.4 Å². The number of nitrogens with two attached hydrogens (primary N) is 1. The average molecular weight is 502 g/mol. The van der Waals surface area contributed by atoms with E-state index in [9.17, 15) is 9.18 Å². The molecule has 2 fully saturated rings. The molecule has 0 bridgehead atoms. The number of anilines is 3. The molecular formula is C24H29ClFN7O2. The monoisotopic (exact) mass is 501 g/mol. The third-order valence-electron chi connectivity index (χ3n) is 7.04. The Labute approximate surface area is 207 Å². The molecule has 1 aliphatic heterocycles. The highest BCUT2D eigenvalue weighted by Gasteiger charge is 2.29. The minimum Gasteiger partial charge on any atom is -0.381 e. The van der Waals surface area contributed by atoms with Crippen molar-refractivity contribution in [2.45, 2.75) is 57.5 Å². The zero-order valence-corrected chi connectivity index (χ0v) is 20.3. The summed E-state index contributed by atoms with van der Waals surface area (Å²) in [6.45, 7) is 3.10. The lowest BCUT2D eigenvalue weighted by Gasteiger charge is -2.29. The van der Waals surface area contributed by atoms with Crippen LogP contribution in [0.3, 0.4) is 0 Å². The van der Waals surface area contributed by atoms with Crippen LogP contribution in [0.5, 0.6) is 0 Å². The van der Waals surface area contributed by atoms with Crippen LogP contribution in [0.25, 0.3) is 11.2 Å². The summed E-state index contributed by atoms with van der Waals surface area (Å²) in [5.74, 6) is 0.241. The van der Waals surface area contributed by atoms with Gasteiger partial charge in [-0.3, -0.25) is 9.36 Å². The molecule has 3 aromatic rings. The normalized spacial score (nSPS) is 21.2. The third kappa shape index (κ3) is 4.90. The van der Waals surface area contributed by atoms with Crippen LogP contribution >= 0.6 is 11.6 Å². The molecule has 1 aliphatic carbocycles. The van der Waals surface area contributed by atoms with Crippen molar-refractivity contribution in [1.29, 1.82) is 0 Å². The number of carbonyl (C=O) groups excluding carboxylic acids is 1. The van der Waals surface area contributed by atoms with Crippen LogP contribution in [-0.2, 0) is 9.53 Å². The number of carbonyl (C=O) groups is 1. The van der Waals surface area contributed by atoms with Gasteiger partial charge in [0.1, 0.15) is 11.3 Å². The number of hydrogen-bond donors (Lipinski definition) is 3. The van der Waals surface area contributed by atoms with Crippen molar-refractivity contribution in [3.63, 3.8) is 0 Å². The van der Waals surface area contributed by atoms with Gasteiger partial charge in [-0.1, -0.05) is 11.6 Å². The van der Waals surface area contributed by atoms with Crippen molar-refractivity contribution in [3.05, 3.63) is 34.7 Å². The number of fused-ring (bicyclic) bond motifs is 1. The first kappa shape index (κ1) is 23.7. The van der Waals surface area contributed by atoms with Gasteiger partial charge in [0.2, 0.25) is 17.8 Å². The number of benzene rings is 1. The zero-order valence-electron chi connectivity index (χ0n) is 19.6. The van der Waals surface area contributed by atoms with E-state index >= 15 is 0 Å². The Morgan fingerprint density at radius 2 is 1.91 bits per heavy atom. The lowest BCUT2D eigenvalue weighted by Crippen LogP contribution is -2.29. The summed E-state index contributed by atoms with van der Waals surface area (Å²) in [5.41, 5.74) is 7.85. The number of nitrogens with zero attached hydrogens (tertiary/aromatic N) is 4. The quantitative estimate of drug-likeness (QED) is 0.455. The number of nitrogens with one attached hydrogen (secondary N) is 2. The van der Waals surface area contributed by atoms with E-state index in [0.717, 1.165) is 25.7 Å². The minimum absolute atomic E-state index is 0.0568. The van der Waals surface area contributed by atoms with Crippen LogP contribution in [0.15, 0.2) is 18.3 Å². The molecule has 5 rings (SSSR count). The van der Waals surface area contributed by atoms with Gasteiger partial charge in [0.15, 0.2) is 5.65 Å². The van der Waals surface area contributed by atoms with Gasteiger partial charge in [0.05, 0.1) is 11.2 Å². The van der Waals surface area contributed by atoms with Gasteiger partial charge in [0.25, 0.3) is 0 Å². The Morgan fingerprint density at radius 3 is 2.63 bits per heavy atom. The van der Waals surface area contributed by atoms with Crippen LogP contribution in [0, 0.1) is 18.7 Å². The van der Waals surface area contributed by atoms with Gasteiger partial charge in [-0.25, -0.2) is 14.4 Å². The van der Waals surface area contributed by atoms with Crippen molar-refractivity contribution in [1.82, 2.24) is 19.5 Å². The first-order chi connectivity index (χ1) is 16.9. The molecule has 0 radical (unpaired) electrons. The highest BCUT2D eigenvalue weighted by atomic mass is 35.5. The number of primary amides is 1. The van der Waals surface area contributed by atoms with Gasteiger partial charge in [-0.15, -0.1) is 0 Å². The first-order valence-corrected chi connectivity index (χ1v) is 12.4. The zero-order chi connectivity index (χ0) is 24.5. The van der Waals surface area contributed by atoms with Gasteiger partial charge in [0, 0.05) is 42.5 Å². The number of ether oxygens (including phenoxy) is 1. The van der Waals surface area contributed by atoms with Crippen LogP contribution in [0.4, 0.5) is 22.0 Å². The summed E-state index contributed by atoms with van der Waals surface area (Å²) in [6.07, 6.45) is 6.41. The molecule has 3 heterocycles. The Morgan fingerprint density at radius 1 is 1.17 bits per heavy atom. The fourth-order valence-electron chi connectivity index (χ4n) is 4.95. The van der Waals surface area contributed by atoms with Crippen molar-refractivity contribution in [2.75, 3.05) is 23.8 Å². The number of rotatable bonds is 6. The molecule has 1 saturated heterocycles. The second-order valence-electron chi connectivity index (χ2n) is 9.31. The Balaban J connectivity index is 1.51. The molecule has 35 heavy (non-hydrogen) atoms. The molecule has 2 aromatic heterocycles. The number of amides is 1. The predicted octanol–water partition coefficient (Wildman–Crippen LogP) is 4.48. The molecule has 1 saturated carbocycles. The summed E-state index contributed by atoms with van der Waals surface area (Å²) in [4.78, 5) is 25.8. The molecule has 186 valence electrons.